The van der Waals surface area contributed by atoms with Crippen molar-refractivity contribution in [2.75, 3.05) is 20.8 Å². The van der Waals surface area contributed by atoms with Crippen molar-refractivity contribution in [3.63, 3.8) is 0 Å². The minimum absolute atomic E-state index is 0.0393. The van der Waals surface area contributed by atoms with E-state index in [9.17, 15) is 4.79 Å². The Kier molecular flexibility index (Phi) is 6.07. The number of ether oxygens (including phenoxy) is 2. The topological polar surface area (TPSA) is 50.8 Å². The normalized spacial score (nSPS) is 25.8. The van der Waals surface area contributed by atoms with Crippen LogP contribution in [0, 0.1) is 5.92 Å². The maximum Gasteiger partial charge on any atom is 0.251 e. The number of hydrogen-bond donors (Lipinski definition) is 1. The first-order valence-electron chi connectivity index (χ1n) is 9.79. The molecule has 1 aromatic carbocycles. The summed E-state index contributed by atoms with van der Waals surface area (Å²) in [5.41, 5.74) is 0.593. The second-order valence-corrected chi connectivity index (χ2v) is 8.07. The van der Waals surface area contributed by atoms with Gasteiger partial charge in [-0.15, -0.1) is 0 Å². The van der Waals surface area contributed by atoms with E-state index in [0.29, 0.717) is 35.1 Å². The van der Waals surface area contributed by atoms with Crippen molar-refractivity contribution in [2.24, 2.45) is 5.92 Å². The van der Waals surface area contributed by atoms with Crippen molar-refractivity contribution < 1.29 is 14.3 Å². The lowest BCUT2D eigenvalue weighted by Gasteiger charge is -2.49. The Labute approximate surface area is 157 Å². The third-order valence-electron chi connectivity index (χ3n) is 5.65. The lowest BCUT2D eigenvalue weighted by molar-refractivity contribution is 0.0158. The van der Waals surface area contributed by atoms with Crippen LogP contribution in [-0.4, -0.2) is 49.7 Å². The minimum atomic E-state index is -0.0393. The van der Waals surface area contributed by atoms with Gasteiger partial charge in [-0.2, -0.15) is 0 Å². The van der Waals surface area contributed by atoms with E-state index in [1.165, 1.54) is 25.8 Å². The third kappa shape index (κ3) is 4.32. The van der Waals surface area contributed by atoms with E-state index in [2.05, 4.69) is 24.1 Å². The van der Waals surface area contributed by atoms with Crippen LogP contribution in [0.15, 0.2) is 18.2 Å². The molecule has 2 fully saturated rings. The molecule has 2 bridgehead atoms. The van der Waals surface area contributed by atoms with E-state index < -0.39 is 0 Å². The molecule has 2 heterocycles. The Morgan fingerprint density at radius 1 is 1.12 bits per heavy atom. The average Bonchev–Trinajstić information content (AvgIpc) is 2.61. The highest BCUT2D eigenvalue weighted by atomic mass is 16.5. The molecule has 3 rings (SSSR count). The summed E-state index contributed by atoms with van der Waals surface area (Å²) in [6, 6.07) is 6.79. The number of nitrogens with zero attached hydrogens (tertiary/aromatic N) is 1. The van der Waals surface area contributed by atoms with Crippen LogP contribution in [0.3, 0.4) is 0 Å². The lowest BCUT2D eigenvalue weighted by atomic mass is 9.81. The molecular weight excluding hydrogens is 328 g/mol. The van der Waals surface area contributed by atoms with E-state index in [1.807, 2.05) is 0 Å². The Balaban J connectivity index is 1.67. The molecule has 1 aromatic rings. The van der Waals surface area contributed by atoms with E-state index in [0.717, 1.165) is 12.8 Å². The highest BCUT2D eigenvalue weighted by Gasteiger charge is 2.38. The standard InChI is InChI=1S/C21H32N2O3/c1-14(2)13-23-17-6-5-7-18(23)11-16(10-17)22-21(24)15-8-19(25-3)12-20(9-15)26-4/h8-9,12,14,16-18H,5-7,10-11,13H2,1-4H3,(H,22,24). The van der Waals surface area contributed by atoms with Crippen LogP contribution in [0.1, 0.15) is 56.3 Å². The van der Waals surface area contributed by atoms with Gasteiger partial charge in [-0.05, 0) is 43.7 Å². The molecular formula is C21H32N2O3. The van der Waals surface area contributed by atoms with Gasteiger partial charge in [0.15, 0.2) is 0 Å². The SMILES string of the molecule is COc1cc(OC)cc(C(=O)NC2CC3CCCC(C2)N3CC(C)C)c1. The van der Waals surface area contributed by atoms with E-state index in [-0.39, 0.29) is 11.9 Å². The molecule has 0 aromatic heterocycles. The maximum absolute atomic E-state index is 12.8. The molecule has 0 saturated carbocycles. The number of rotatable bonds is 6. The summed E-state index contributed by atoms with van der Waals surface area (Å²) < 4.78 is 10.6. The van der Waals surface area contributed by atoms with Crippen molar-refractivity contribution in [1.29, 1.82) is 0 Å². The first kappa shape index (κ1) is 19.0. The number of benzene rings is 1. The molecule has 1 N–H and O–H groups in total. The van der Waals surface area contributed by atoms with Crippen molar-refractivity contribution in [1.82, 2.24) is 10.2 Å². The molecule has 0 aliphatic carbocycles. The Hall–Kier alpha value is -1.75. The first-order chi connectivity index (χ1) is 12.5. The van der Waals surface area contributed by atoms with Gasteiger partial charge in [0.1, 0.15) is 11.5 Å². The van der Waals surface area contributed by atoms with Gasteiger partial charge in [0.25, 0.3) is 5.91 Å². The number of nitrogens with one attached hydrogen (secondary N) is 1. The highest BCUT2D eigenvalue weighted by molar-refractivity contribution is 5.95. The van der Waals surface area contributed by atoms with Crippen molar-refractivity contribution in [2.45, 2.75) is 64.1 Å². The number of carbonyl (C=O) groups is 1. The van der Waals surface area contributed by atoms with Crippen molar-refractivity contribution in [3.05, 3.63) is 23.8 Å². The van der Waals surface area contributed by atoms with Gasteiger partial charge in [0.2, 0.25) is 0 Å². The smallest absolute Gasteiger partial charge is 0.251 e. The van der Waals surface area contributed by atoms with Gasteiger partial charge in [0, 0.05) is 36.3 Å². The predicted molar refractivity (Wildman–Crippen MR) is 103 cm³/mol. The lowest BCUT2D eigenvalue weighted by Crippen LogP contribution is -2.57. The van der Waals surface area contributed by atoms with Gasteiger partial charge < -0.3 is 14.8 Å². The largest absolute Gasteiger partial charge is 0.497 e. The Bertz CT molecular complexity index is 595. The number of amides is 1. The van der Waals surface area contributed by atoms with Crippen LogP contribution in [0.25, 0.3) is 0 Å². The van der Waals surface area contributed by atoms with Crippen LogP contribution in [0.2, 0.25) is 0 Å². The van der Waals surface area contributed by atoms with Gasteiger partial charge in [0.05, 0.1) is 14.2 Å². The van der Waals surface area contributed by atoms with Crippen LogP contribution >= 0.6 is 0 Å². The van der Waals surface area contributed by atoms with E-state index in [1.54, 1.807) is 32.4 Å². The fourth-order valence-electron chi connectivity index (χ4n) is 4.52. The predicted octanol–water partition coefficient (Wildman–Crippen LogP) is 3.48. The Morgan fingerprint density at radius 3 is 2.19 bits per heavy atom. The Morgan fingerprint density at radius 2 is 1.69 bits per heavy atom. The second-order valence-electron chi connectivity index (χ2n) is 8.07. The van der Waals surface area contributed by atoms with E-state index >= 15 is 0 Å². The van der Waals surface area contributed by atoms with Crippen LogP contribution in [0.5, 0.6) is 11.5 Å². The zero-order chi connectivity index (χ0) is 18.7. The quantitative estimate of drug-likeness (QED) is 0.844. The van der Waals surface area contributed by atoms with Crippen molar-refractivity contribution >= 4 is 5.91 Å². The molecule has 5 heteroatoms. The second kappa shape index (κ2) is 8.30. The molecule has 144 valence electrons. The molecule has 0 radical (unpaired) electrons. The maximum atomic E-state index is 12.8. The minimum Gasteiger partial charge on any atom is -0.497 e. The number of fused-ring (bicyclic) bond motifs is 2. The van der Waals surface area contributed by atoms with Gasteiger partial charge in [-0.25, -0.2) is 0 Å². The van der Waals surface area contributed by atoms with Crippen molar-refractivity contribution in [3.8, 4) is 11.5 Å². The van der Waals surface area contributed by atoms with Crippen LogP contribution in [-0.2, 0) is 0 Å². The summed E-state index contributed by atoms with van der Waals surface area (Å²) in [5, 5.41) is 3.26. The molecule has 26 heavy (non-hydrogen) atoms. The summed E-state index contributed by atoms with van der Waals surface area (Å²) in [6.07, 6.45) is 5.93. The molecule has 0 spiro atoms. The summed E-state index contributed by atoms with van der Waals surface area (Å²) >= 11 is 0. The molecule has 2 aliphatic rings. The molecule has 2 unspecified atom stereocenters. The number of carbonyl (C=O) groups excluding carboxylic acids is 1. The van der Waals surface area contributed by atoms with E-state index in [4.69, 9.17) is 9.47 Å². The molecule has 2 saturated heterocycles. The molecule has 2 atom stereocenters. The number of piperidine rings is 2. The highest BCUT2D eigenvalue weighted by Crippen LogP contribution is 2.34. The summed E-state index contributed by atoms with van der Waals surface area (Å²) in [6.45, 7) is 5.75. The molecule has 1 amide bonds. The number of methoxy groups -OCH3 is 2. The van der Waals surface area contributed by atoms with Gasteiger partial charge in [-0.3, -0.25) is 9.69 Å². The third-order valence-corrected chi connectivity index (χ3v) is 5.65. The van der Waals surface area contributed by atoms with Crippen LogP contribution < -0.4 is 14.8 Å². The first-order valence-corrected chi connectivity index (χ1v) is 9.79. The molecule has 2 aliphatic heterocycles. The zero-order valence-corrected chi connectivity index (χ0v) is 16.5. The zero-order valence-electron chi connectivity index (χ0n) is 16.5. The fourth-order valence-corrected chi connectivity index (χ4v) is 4.52. The monoisotopic (exact) mass is 360 g/mol. The summed E-state index contributed by atoms with van der Waals surface area (Å²) in [7, 11) is 3.20. The fraction of sp³-hybridized carbons (Fsp3) is 0.667. The van der Waals surface area contributed by atoms with Gasteiger partial charge >= 0.3 is 0 Å². The average molecular weight is 360 g/mol. The van der Waals surface area contributed by atoms with Crippen LogP contribution in [0.4, 0.5) is 0 Å². The summed E-state index contributed by atoms with van der Waals surface area (Å²) in [5.74, 6) is 1.92. The van der Waals surface area contributed by atoms with Gasteiger partial charge in [-0.1, -0.05) is 20.3 Å². The molecule has 5 nitrogen and oxygen atoms in total. The summed E-state index contributed by atoms with van der Waals surface area (Å²) in [4.78, 5) is 15.5. The number of hydrogen-bond acceptors (Lipinski definition) is 4.